The largest absolute Gasteiger partial charge is 0.321 e. The second-order valence-corrected chi connectivity index (χ2v) is 6.69. The lowest BCUT2D eigenvalue weighted by molar-refractivity contribution is -0.119. The third kappa shape index (κ3) is 3.66. The zero-order valence-electron chi connectivity index (χ0n) is 15.1. The summed E-state index contributed by atoms with van der Waals surface area (Å²) < 4.78 is 27.7. The maximum absolute atomic E-state index is 13.0. The lowest BCUT2D eigenvalue weighted by atomic mass is 10.1. The standard InChI is InChI=1S/C18H17F2N7O/c1-10-5-11(7-22-15(10)26-16(28)13-6-18(13,19)20)14-3-4-21-17(25-14)24-12-8-23-27(2)9-12/h3-5,7-9,13H,6H2,1-2H3,(H,21,24,25)(H,22,26,28). The fourth-order valence-electron chi connectivity index (χ4n) is 2.74. The molecular formula is C18H17F2N7O. The van der Waals surface area contributed by atoms with Gasteiger partial charge in [-0.2, -0.15) is 5.10 Å². The maximum atomic E-state index is 13.0. The minimum atomic E-state index is -2.91. The number of aromatic nitrogens is 5. The second-order valence-electron chi connectivity index (χ2n) is 6.69. The Hall–Kier alpha value is -3.43. The van der Waals surface area contributed by atoms with E-state index in [9.17, 15) is 13.6 Å². The molecule has 1 fully saturated rings. The number of carbonyl (C=O) groups is 1. The number of hydrogen-bond acceptors (Lipinski definition) is 6. The van der Waals surface area contributed by atoms with Gasteiger partial charge in [-0.15, -0.1) is 0 Å². The van der Waals surface area contributed by atoms with E-state index in [0.717, 1.165) is 5.69 Å². The van der Waals surface area contributed by atoms with Crippen LogP contribution in [0.3, 0.4) is 0 Å². The highest BCUT2D eigenvalue weighted by Gasteiger charge is 2.61. The van der Waals surface area contributed by atoms with Gasteiger partial charge in [-0.1, -0.05) is 0 Å². The summed E-state index contributed by atoms with van der Waals surface area (Å²) in [6, 6.07) is 3.51. The Morgan fingerprint density at radius 3 is 2.75 bits per heavy atom. The predicted molar refractivity (Wildman–Crippen MR) is 98.2 cm³/mol. The summed E-state index contributed by atoms with van der Waals surface area (Å²) in [4.78, 5) is 24.7. The van der Waals surface area contributed by atoms with Crippen molar-refractivity contribution in [1.29, 1.82) is 0 Å². The van der Waals surface area contributed by atoms with Crippen molar-refractivity contribution in [2.75, 3.05) is 10.6 Å². The van der Waals surface area contributed by atoms with E-state index >= 15 is 0 Å². The Balaban J connectivity index is 1.51. The molecule has 0 radical (unpaired) electrons. The van der Waals surface area contributed by atoms with Crippen LogP contribution in [0.4, 0.5) is 26.2 Å². The van der Waals surface area contributed by atoms with E-state index in [0.29, 0.717) is 22.8 Å². The molecule has 2 N–H and O–H groups in total. The van der Waals surface area contributed by atoms with E-state index in [1.807, 2.05) is 7.05 Å². The van der Waals surface area contributed by atoms with Gasteiger partial charge in [-0.3, -0.25) is 9.48 Å². The van der Waals surface area contributed by atoms with Gasteiger partial charge in [0.1, 0.15) is 11.7 Å². The summed E-state index contributed by atoms with van der Waals surface area (Å²) >= 11 is 0. The molecule has 10 heteroatoms. The Morgan fingerprint density at radius 2 is 2.11 bits per heavy atom. The highest BCUT2D eigenvalue weighted by molar-refractivity contribution is 5.95. The first-order valence-electron chi connectivity index (χ1n) is 8.56. The number of nitrogens with one attached hydrogen (secondary N) is 2. The number of halogens is 2. The van der Waals surface area contributed by atoms with Gasteiger partial charge in [0.15, 0.2) is 0 Å². The van der Waals surface area contributed by atoms with Crippen LogP contribution in [0.2, 0.25) is 0 Å². The number of anilines is 3. The van der Waals surface area contributed by atoms with Gasteiger partial charge < -0.3 is 10.6 Å². The second kappa shape index (κ2) is 6.63. The van der Waals surface area contributed by atoms with Crippen molar-refractivity contribution in [3.63, 3.8) is 0 Å². The number of rotatable bonds is 5. The SMILES string of the molecule is Cc1cc(-c2ccnc(Nc3cnn(C)c3)n2)cnc1NC(=O)C1CC1(F)F. The predicted octanol–water partition coefficient (Wildman–Crippen LogP) is 2.92. The number of alkyl halides is 2. The molecule has 1 aliphatic rings. The van der Waals surface area contributed by atoms with Gasteiger partial charge in [-0.25, -0.2) is 23.7 Å². The van der Waals surface area contributed by atoms with Gasteiger partial charge in [-0.05, 0) is 24.6 Å². The average molecular weight is 385 g/mol. The first-order valence-corrected chi connectivity index (χ1v) is 8.56. The Kier molecular flexibility index (Phi) is 4.25. The molecule has 1 atom stereocenters. The molecule has 144 valence electrons. The van der Waals surface area contributed by atoms with Crippen molar-refractivity contribution >= 4 is 23.4 Å². The summed E-state index contributed by atoms with van der Waals surface area (Å²) in [6.45, 7) is 1.74. The first kappa shape index (κ1) is 18.0. The van der Waals surface area contributed by atoms with Crippen molar-refractivity contribution in [2.24, 2.45) is 13.0 Å². The number of carbonyl (C=O) groups excluding carboxylic acids is 1. The summed E-state index contributed by atoms with van der Waals surface area (Å²) in [7, 11) is 1.81. The number of amides is 1. The van der Waals surface area contributed by atoms with Gasteiger partial charge in [0, 0.05) is 37.6 Å². The first-order chi connectivity index (χ1) is 13.3. The van der Waals surface area contributed by atoms with Gasteiger partial charge in [0.2, 0.25) is 11.9 Å². The average Bonchev–Trinajstić information content (AvgIpc) is 3.10. The van der Waals surface area contributed by atoms with Crippen LogP contribution in [0.25, 0.3) is 11.3 Å². The third-order valence-corrected chi connectivity index (χ3v) is 4.37. The van der Waals surface area contributed by atoms with E-state index in [1.165, 1.54) is 6.20 Å². The van der Waals surface area contributed by atoms with Crippen LogP contribution in [0.1, 0.15) is 12.0 Å². The molecule has 3 heterocycles. The molecule has 28 heavy (non-hydrogen) atoms. The Labute approximate surface area is 159 Å². The van der Waals surface area contributed by atoms with E-state index in [1.54, 1.807) is 42.3 Å². The van der Waals surface area contributed by atoms with Crippen molar-refractivity contribution in [1.82, 2.24) is 24.7 Å². The van der Waals surface area contributed by atoms with E-state index in [-0.39, 0.29) is 5.82 Å². The van der Waals surface area contributed by atoms with Crippen LogP contribution in [0.5, 0.6) is 0 Å². The van der Waals surface area contributed by atoms with Crippen LogP contribution >= 0.6 is 0 Å². The quantitative estimate of drug-likeness (QED) is 0.701. The molecule has 1 amide bonds. The van der Waals surface area contributed by atoms with E-state index in [4.69, 9.17) is 0 Å². The minimum Gasteiger partial charge on any atom is -0.321 e. The maximum Gasteiger partial charge on any atom is 0.260 e. The molecule has 1 unspecified atom stereocenters. The molecular weight excluding hydrogens is 368 g/mol. The lowest BCUT2D eigenvalue weighted by Crippen LogP contribution is -2.18. The topological polar surface area (TPSA) is 97.6 Å². The highest BCUT2D eigenvalue weighted by Crippen LogP contribution is 2.49. The summed E-state index contributed by atoms with van der Waals surface area (Å²) in [5, 5.41) is 9.60. The third-order valence-electron chi connectivity index (χ3n) is 4.37. The van der Waals surface area contributed by atoms with Crippen molar-refractivity contribution in [3.8, 4) is 11.3 Å². The normalized spacial score (nSPS) is 17.2. The highest BCUT2D eigenvalue weighted by atomic mass is 19.3. The molecule has 3 aromatic heterocycles. The van der Waals surface area contributed by atoms with E-state index in [2.05, 4.69) is 30.7 Å². The van der Waals surface area contributed by atoms with Crippen LogP contribution in [0, 0.1) is 12.8 Å². The number of hydrogen-bond donors (Lipinski definition) is 2. The lowest BCUT2D eigenvalue weighted by Gasteiger charge is -2.09. The van der Waals surface area contributed by atoms with Crippen molar-refractivity contribution < 1.29 is 13.6 Å². The van der Waals surface area contributed by atoms with Gasteiger partial charge in [0.25, 0.3) is 5.92 Å². The zero-order valence-corrected chi connectivity index (χ0v) is 15.1. The molecule has 1 saturated carbocycles. The molecule has 4 rings (SSSR count). The fourth-order valence-corrected chi connectivity index (χ4v) is 2.74. The van der Waals surface area contributed by atoms with Crippen molar-refractivity contribution in [2.45, 2.75) is 19.3 Å². The van der Waals surface area contributed by atoms with Crippen molar-refractivity contribution in [3.05, 3.63) is 42.5 Å². The molecule has 8 nitrogen and oxygen atoms in total. The molecule has 3 aromatic rings. The number of pyridine rings is 1. The summed E-state index contributed by atoms with van der Waals surface area (Å²) in [5.41, 5.74) is 2.74. The van der Waals surface area contributed by atoms with Crippen LogP contribution in [-0.2, 0) is 11.8 Å². The summed E-state index contributed by atoms with van der Waals surface area (Å²) in [5.74, 6) is -4.22. The van der Waals surface area contributed by atoms with Crippen LogP contribution < -0.4 is 10.6 Å². The Morgan fingerprint density at radius 1 is 1.32 bits per heavy atom. The zero-order chi connectivity index (χ0) is 19.9. The molecule has 1 aliphatic carbocycles. The molecule has 0 aromatic carbocycles. The van der Waals surface area contributed by atoms with Gasteiger partial charge >= 0.3 is 0 Å². The minimum absolute atomic E-state index is 0.263. The molecule has 0 aliphatic heterocycles. The van der Waals surface area contributed by atoms with Crippen LogP contribution in [0.15, 0.2) is 36.9 Å². The fraction of sp³-hybridized carbons (Fsp3) is 0.278. The monoisotopic (exact) mass is 385 g/mol. The molecule has 0 spiro atoms. The molecule has 0 saturated heterocycles. The van der Waals surface area contributed by atoms with Crippen LogP contribution in [-0.4, -0.2) is 36.6 Å². The van der Waals surface area contributed by atoms with E-state index < -0.39 is 24.2 Å². The number of nitrogens with zero attached hydrogens (tertiary/aromatic N) is 5. The summed E-state index contributed by atoms with van der Waals surface area (Å²) in [6.07, 6.45) is 6.18. The Bertz CT molecular complexity index is 1050. The number of aryl methyl sites for hydroxylation is 2. The smallest absolute Gasteiger partial charge is 0.260 e. The molecule has 0 bridgehead atoms. The van der Waals surface area contributed by atoms with Gasteiger partial charge in [0.05, 0.1) is 17.6 Å².